The number of rotatable bonds is 6. The van der Waals surface area contributed by atoms with Crippen LogP contribution in [0.4, 0.5) is 4.39 Å². The normalized spacial score (nSPS) is 13.0. The molecule has 0 aliphatic carbocycles. The van der Waals surface area contributed by atoms with Crippen LogP contribution in [0.2, 0.25) is 0 Å². The Hall–Kier alpha value is -3.21. The molecule has 144 valence electrons. The van der Waals surface area contributed by atoms with Crippen LogP contribution in [-0.4, -0.2) is 18.0 Å². The second-order valence-corrected chi connectivity index (χ2v) is 6.73. The maximum absolute atomic E-state index is 13.0. The van der Waals surface area contributed by atoms with E-state index in [1.165, 1.54) is 19.1 Å². The summed E-state index contributed by atoms with van der Waals surface area (Å²) < 4.78 is 18.3. The highest BCUT2D eigenvalue weighted by molar-refractivity contribution is 5.90. The highest BCUT2D eigenvalue weighted by atomic mass is 19.1. The number of benzene rings is 3. The molecule has 2 unspecified atom stereocenters. The van der Waals surface area contributed by atoms with E-state index in [-0.39, 0.29) is 18.3 Å². The molecule has 3 aromatic rings. The van der Waals surface area contributed by atoms with Crippen molar-refractivity contribution in [2.45, 2.75) is 32.4 Å². The van der Waals surface area contributed by atoms with Crippen LogP contribution in [0, 0.1) is 5.82 Å². The summed E-state index contributed by atoms with van der Waals surface area (Å²) in [6.45, 7) is 3.32. The maximum atomic E-state index is 13.0. The summed E-state index contributed by atoms with van der Waals surface area (Å²) in [5.41, 5.74) is 1.62. The first-order valence-electron chi connectivity index (χ1n) is 9.16. The zero-order valence-electron chi connectivity index (χ0n) is 15.8. The number of amides is 1. The van der Waals surface area contributed by atoms with Gasteiger partial charge >= 0.3 is 5.97 Å². The van der Waals surface area contributed by atoms with Crippen LogP contribution in [0.25, 0.3) is 10.8 Å². The van der Waals surface area contributed by atoms with E-state index in [1.807, 2.05) is 42.5 Å². The monoisotopic (exact) mass is 379 g/mol. The molecule has 0 aliphatic heterocycles. The number of carbonyl (C=O) groups excluding carboxylic acids is 2. The molecule has 1 N–H and O–H groups in total. The summed E-state index contributed by atoms with van der Waals surface area (Å²) >= 11 is 0. The Kier molecular flexibility index (Phi) is 6.04. The fraction of sp³-hybridized carbons (Fsp3) is 0.217. The average Bonchev–Trinajstić information content (AvgIpc) is 2.68. The van der Waals surface area contributed by atoms with Crippen molar-refractivity contribution in [1.82, 2.24) is 5.32 Å². The van der Waals surface area contributed by atoms with Crippen molar-refractivity contribution < 1.29 is 18.7 Å². The van der Waals surface area contributed by atoms with Gasteiger partial charge in [-0.25, -0.2) is 4.39 Å². The van der Waals surface area contributed by atoms with Crippen LogP contribution < -0.4 is 5.32 Å². The second-order valence-electron chi connectivity index (χ2n) is 6.73. The number of fused-ring (bicyclic) bond motifs is 1. The predicted octanol–water partition coefficient (Wildman–Crippen LogP) is 4.33. The van der Waals surface area contributed by atoms with Crippen LogP contribution in [-0.2, 0) is 20.7 Å². The van der Waals surface area contributed by atoms with Crippen molar-refractivity contribution in [1.29, 1.82) is 0 Å². The summed E-state index contributed by atoms with van der Waals surface area (Å²) in [6.07, 6.45) is -0.836. The number of halogens is 1. The van der Waals surface area contributed by atoms with Gasteiger partial charge in [0.05, 0.1) is 12.5 Å². The lowest BCUT2D eigenvalue weighted by molar-refractivity contribution is -0.154. The summed E-state index contributed by atoms with van der Waals surface area (Å²) in [6, 6.07) is 19.1. The summed E-state index contributed by atoms with van der Waals surface area (Å²) in [5.74, 6) is -1.20. The van der Waals surface area contributed by atoms with Gasteiger partial charge in [-0.1, -0.05) is 54.6 Å². The van der Waals surface area contributed by atoms with E-state index in [4.69, 9.17) is 4.74 Å². The minimum absolute atomic E-state index is 0.0898. The molecule has 0 saturated heterocycles. The van der Waals surface area contributed by atoms with Gasteiger partial charge in [0.25, 0.3) is 5.91 Å². The molecule has 0 bridgehead atoms. The first kappa shape index (κ1) is 19.5. The van der Waals surface area contributed by atoms with Gasteiger partial charge in [0.2, 0.25) is 0 Å². The summed E-state index contributed by atoms with van der Waals surface area (Å²) in [4.78, 5) is 24.7. The van der Waals surface area contributed by atoms with Crippen molar-refractivity contribution in [3.63, 3.8) is 0 Å². The minimum Gasteiger partial charge on any atom is -0.452 e. The summed E-state index contributed by atoms with van der Waals surface area (Å²) in [7, 11) is 0. The van der Waals surface area contributed by atoms with E-state index in [0.717, 1.165) is 21.9 Å². The molecular formula is C23H22FNO3. The lowest BCUT2D eigenvalue weighted by Gasteiger charge is -2.18. The van der Waals surface area contributed by atoms with Gasteiger partial charge in [-0.05, 0) is 47.9 Å². The quantitative estimate of drug-likeness (QED) is 0.649. The Morgan fingerprint density at radius 1 is 0.964 bits per heavy atom. The second kappa shape index (κ2) is 8.65. The van der Waals surface area contributed by atoms with Gasteiger partial charge in [-0.2, -0.15) is 0 Å². The van der Waals surface area contributed by atoms with Crippen LogP contribution in [0.1, 0.15) is 31.0 Å². The molecule has 28 heavy (non-hydrogen) atoms. The Bertz CT molecular complexity index is 979. The van der Waals surface area contributed by atoms with E-state index in [9.17, 15) is 14.0 Å². The van der Waals surface area contributed by atoms with Crippen molar-refractivity contribution in [2.75, 3.05) is 0 Å². The first-order valence-corrected chi connectivity index (χ1v) is 9.16. The SMILES string of the molecule is CC(OC(=O)Cc1cccc2ccccc12)C(=O)NC(C)c1ccc(F)cc1. The third kappa shape index (κ3) is 4.74. The van der Waals surface area contributed by atoms with Gasteiger partial charge in [0.15, 0.2) is 6.10 Å². The number of carbonyl (C=O) groups is 2. The molecule has 1 amide bonds. The predicted molar refractivity (Wildman–Crippen MR) is 106 cm³/mol. The fourth-order valence-electron chi connectivity index (χ4n) is 3.06. The third-order valence-corrected chi connectivity index (χ3v) is 4.62. The van der Waals surface area contributed by atoms with Crippen molar-refractivity contribution in [3.8, 4) is 0 Å². The number of hydrogen-bond donors (Lipinski definition) is 1. The summed E-state index contributed by atoms with van der Waals surface area (Å²) in [5, 5.41) is 4.81. The Balaban J connectivity index is 1.58. The Morgan fingerprint density at radius 2 is 1.64 bits per heavy atom. The van der Waals surface area contributed by atoms with Crippen LogP contribution in [0.15, 0.2) is 66.7 Å². The molecule has 0 spiro atoms. The number of ether oxygens (including phenoxy) is 1. The molecule has 0 heterocycles. The number of esters is 1. The van der Waals surface area contributed by atoms with Crippen molar-refractivity contribution >= 4 is 22.6 Å². The highest BCUT2D eigenvalue weighted by Crippen LogP contribution is 2.19. The zero-order chi connectivity index (χ0) is 20.1. The third-order valence-electron chi connectivity index (χ3n) is 4.62. The maximum Gasteiger partial charge on any atom is 0.311 e. The largest absolute Gasteiger partial charge is 0.452 e. The zero-order valence-corrected chi connectivity index (χ0v) is 15.8. The van der Waals surface area contributed by atoms with E-state index in [0.29, 0.717) is 0 Å². The molecule has 0 aliphatic rings. The number of nitrogens with one attached hydrogen (secondary N) is 1. The van der Waals surface area contributed by atoms with Gasteiger partial charge in [0.1, 0.15) is 5.82 Å². The molecular weight excluding hydrogens is 357 g/mol. The standard InChI is InChI=1S/C23H22FNO3/c1-15(17-10-12-20(24)13-11-17)25-23(27)16(2)28-22(26)14-19-8-5-7-18-6-3-4-9-21(18)19/h3-13,15-16H,14H2,1-2H3,(H,25,27). The lowest BCUT2D eigenvalue weighted by Crippen LogP contribution is -2.37. The van der Waals surface area contributed by atoms with Gasteiger partial charge < -0.3 is 10.1 Å². The highest BCUT2D eigenvalue weighted by Gasteiger charge is 2.20. The molecule has 0 aromatic heterocycles. The van der Waals surface area contributed by atoms with Crippen LogP contribution in [0.5, 0.6) is 0 Å². The molecule has 4 nitrogen and oxygen atoms in total. The van der Waals surface area contributed by atoms with Gasteiger partial charge in [-0.15, -0.1) is 0 Å². The van der Waals surface area contributed by atoms with Crippen LogP contribution >= 0.6 is 0 Å². The molecule has 0 saturated carbocycles. The first-order chi connectivity index (χ1) is 13.4. The van der Waals surface area contributed by atoms with E-state index < -0.39 is 18.0 Å². The van der Waals surface area contributed by atoms with Gasteiger partial charge in [0, 0.05) is 0 Å². The molecule has 0 radical (unpaired) electrons. The van der Waals surface area contributed by atoms with Crippen molar-refractivity contribution in [2.24, 2.45) is 0 Å². The molecule has 2 atom stereocenters. The fourth-order valence-corrected chi connectivity index (χ4v) is 3.06. The van der Waals surface area contributed by atoms with Crippen LogP contribution in [0.3, 0.4) is 0 Å². The molecule has 3 aromatic carbocycles. The van der Waals surface area contributed by atoms with Gasteiger partial charge in [-0.3, -0.25) is 9.59 Å². The smallest absolute Gasteiger partial charge is 0.311 e. The van der Waals surface area contributed by atoms with E-state index in [2.05, 4.69) is 5.32 Å². The Morgan fingerprint density at radius 3 is 2.39 bits per heavy atom. The van der Waals surface area contributed by atoms with E-state index in [1.54, 1.807) is 19.1 Å². The number of hydrogen-bond acceptors (Lipinski definition) is 3. The molecule has 3 rings (SSSR count). The lowest BCUT2D eigenvalue weighted by atomic mass is 10.0. The molecule has 5 heteroatoms. The van der Waals surface area contributed by atoms with E-state index >= 15 is 0 Å². The van der Waals surface area contributed by atoms with Crippen molar-refractivity contribution in [3.05, 3.63) is 83.7 Å². The minimum atomic E-state index is -0.926. The molecule has 0 fully saturated rings. The average molecular weight is 379 g/mol. The topological polar surface area (TPSA) is 55.4 Å². The Labute approximate surface area is 163 Å².